The number of fused-ring (bicyclic) bond motifs is 4. The Bertz CT molecular complexity index is 1070. The van der Waals surface area contributed by atoms with E-state index >= 15 is 0 Å². The number of hydrogen-bond donors (Lipinski definition) is 0. The third-order valence-corrected chi connectivity index (χ3v) is 7.11. The Morgan fingerprint density at radius 3 is 2.90 bits per heavy atom. The van der Waals surface area contributed by atoms with E-state index in [2.05, 4.69) is 37.7 Å². The predicted molar refractivity (Wildman–Crippen MR) is 118 cm³/mol. The monoisotopic (exact) mass is 424 g/mol. The van der Waals surface area contributed by atoms with E-state index in [0.717, 1.165) is 48.9 Å². The molecule has 0 N–H and O–H groups in total. The number of aryl methyl sites for hydroxylation is 1. The molecule has 0 spiro atoms. The third kappa shape index (κ3) is 4.02. The quantitative estimate of drug-likeness (QED) is 0.607. The van der Waals surface area contributed by atoms with Crippen molar-refractivity contribution in [2.24, 2.45) is 5.92 Å². The van der Waals surface area contributed by atoms with Crippen LogP contribution in [-0.4, -0.2) is 39.5 Å². The fraction of sp³-hybridized carbons (Fsp3) is 0.478. The summed E-state index contributed by atoms with van der Waals surface area (Å²) in [5.74, 6) is 0.968. The van der Waals surface area contributed by atoms with E-state index in [1.807, 2.05) is 19.2 Å². The molecular weight excluding hydrogens is 396 g/mol. The van der Waals surface area contributed by atoms with Gasteiger partial charge >= 0.3 is 0 Å². The van der Waals surface area contributed by atoms with E-state index in [9.17, 15) is 4.79 Å². The highest BCUT2D eigenvalue weighted by Crippen LogP contribution is 2.35. The van der Waals surface area contributed by atoms with Crippen LogP contribution >= 0.6 is 11.3 Å². The topological polar surface area (TPSA) is 54.5 Å². The van der Waals surface area contributed by atoms with Gasteiger partial charge in [0, 0.05) is 67.4 Å². The van der Waals surface area contributed by atoms with Crippen LogP contribution in [0.15, 0.2) is 45.3 Å². The number of pyridine rings is 1. The molecule has 0 aromatic carbocycles. The van der Waals surface area contributed by atoms with E-state index in [4.69, 9.17) is 4.42 Å². The van der Waals surface area contributed by atoms with Crippen molar-refractivity contribution in [1.29, 1.82) is 0 Å². The lowest BCUT2D eigenvalue weighted by Gasteiger charge is -2.42. The average Bonchev–Trinajstić information content (AvgIpc) is 3.36. The summed E-state index contributed by atoms with van der Waals surface area (Å²) in [7, 11) is 2.04. The molecule has 158 valence electrons. The Kier molecular flexibility index (Phi) is 5.35. The highest BCUT2D eigenvalue weighted by atomic mass is 32.1. The van der Waals surface area contributed by atoms with Crippen molar-refractivity contribution in [2.45, 2.75) is 45.4 Å². The molecule has 0 radical (unpaired) electrons. The number of hydrogen-bond acceptors (Lipinski definition) is 6. The average molecular weight is 425 g/mol. The molecular formula is C23H28N4O2S. The predicted octanol–water partition coefficient (Wildman–Crippen LogP) is 3.46. The van der Waals surface area contributed by atoms with Gasteiger partial charge in [0.15, 0.2) is 0 Å². The normalized spacial score (nSPS) is 21.2. The molecule has 0 unspecified atom stereocenters. The molecule has 2 aliphatic heterocycles. The molecule has 0 saturated carbocycles. The minimum atomic E-state index is 0.185. The first-order valence-electron chi connectivity index (χ1n) is 10.6. The van der Waals surface area contributed by atoms with Gasteiger partial charge in [0.1, 0.15) is 0 Å². The van der Waals surface area contributed by atoms with Crippen LogP contribution in [0.25, 0.3) is 0 Å². The Balaban J connectivity index is 1.31. The Labute approximate surface area is 180 Å². The highest BCUT2D eigenvalue weighted by molar-refractivity contribution is 7.09. The number of likely N-dealkylation sites (tertiary alicyclic amines) is 1. The second-order valence-electron chi connectivity index (χ2n) is 8.85. The molecule has 0 aliphatic carbocycles. The molecule has 1 saturated heterocycles. The zero-order valence-corrected chi connectivity index (χ0v) is 18.4. The lowest BCUT2D eigenvalue weighted by molar-refractivity contribution is 0.113. The van der Waals surface area contributed by atoms with Gasteiger partial charge in [-0.25, -0.2) is 4.98 Å². The van der Waals surface area contributed by atoms with Crippen molar-refractivity contribution in [2.75, 3.05) is 20.1 Å². The van der Waals surface area contributed by atoms with Crippen LogP contribution in [0.4, 0.5) is 0 Å². The van der Waals surface area contributed by atoms with Crippen molar-refractivity contribution < 1.29 is 4.42 Å². The van der Waals surface area contributed by atoms with Crippen molar-refractivity contribution in [3.8, 4) is 0 Å². The minimum absolute atomic E-state index is 0.185. The van der Waals surface area contributed by atoms with Gasteiger partial charge in [-0.2, -0.15) is 0 Å². The summed E-state index contributed by atoms with van der Waals surface area (Å²) in [5, 5.41) is 3.30. The molecule has 5 rings (SSSR count). The largest absolute Gasteiger partial charge is 0.472 e. The maximum atomic E-state index is 13.3. The van der Waals surface area contributed by atoms with Crippen LogP contribution in [0, 0.1) is 12.8 Å². The molecule has 3 aromatic rings. The summed E-state index contributed by atoms with van der Waals surface area (Å²) >= 11 is 1.72. The molecule has 30 heavy (non-hydrogen) atoms. The van der Waals surface area contributed by atoms with Crippen LogP contribution in [0.1, 0.15) is 39.9 Å². The summed E-state index contributed by atoms with van der Waals surface area (Å²) in [5.41, 5.74) is 4.56. The number of thiazole rings is 1. The fourth-order valence-electron chi connectivity index (χ4n) is 5.09. The number of rotatable bonds is 6. The van der Waals surface area contributed by atoms with Crippen LogP contribution in [0.5, 0.6) is 0 Å². The number of furan rings is 1. The van der Waals surface area contributed by atoms with Crippen LogP contribution in [-0.2, 0) is 26.2 Å². The minimum Gasteiger partial charge on any atom is -0.472 e. The molecule has 2 aliphatic rings. The Morgan fingerprint density at radius 1 is 1.23 bits per heavy atom. The molecule has 7 heteroatoms. The summed E-state index contributed by atoms with van der Waals surface area (Å²) in [6.45, 7) is 7.28. The van der Waals surface area contributed by atoms with Gasteiger partial charge in [-0.3, -0.25) is 14.6 Å². The van der Waals surface area contributed by atoms with Gasteiger partial charge < -0.3 is 8.98 Å². The molecule has 2 atom stereocenters. The zero-order chi connectivity index (χ0) is 20.7. The van der Waals surface area contributed by atoms with Gasteiger partial charge in [0.2, 0.25) is 0 Å². The standard InChI is InChI=1S/C23H28N4O2S/c1-16-24-21(15-30-16)13-26-9-18-7-20(12-26)22-4-3-19(23(28)27(22)10-18)11-25(2)8-17-5-6-29-14-17/h3-6,14-15,18,20H,7-13H2,1-2H3/t18-,20+/m0/s1. The van der Waals surface area contributed by atoms with Gasteiger partial charge in [0.05, 0.1) is 23.2 Å². The van der Waals surface area contributed by atoms with Crippen LogP contribution in [0.2, 0.25) is 0 Å². The first-order chi connectivity index (χ1) is 14.5. The lowest BCUT2D eigenvalue weighted by atomic mass is 9.83. The van der Waals surface area contributed by atoms with Crippen molar-refractivity contribution in [3.05, 3.63) is 74.0 Å². The van der Waals surface area contributed by atoms with Crippen LogP contribution in [0.3, 0.4) is 0 Å². The molecule has 3 aromatic heterocycles. The number of piperidine rings is 1. The molecule has 6 nitrogen and oxygen atoms in total. The first-order valence-corrected chi connectivity index (χ1v) is 11.5. The van der Waals surface area contributed by atoms with E-state index < -0.39 is 0 Å². The van der Waals surface area contributed by atoms with Gasteiger partial charge in [0.25, 0.3) is 5.56 Å². The molecule has 0 amide bonds. The lowest BCUT2D eigenvalue weighted by Crippen LogP contribution is -2.47. The second kappa shape index (κ2) is 8.13. The summed E-state index contributed by atoms with van der Waals surface area (Å²) in [6.07, 6.45) is 4.64. The first kappa shape index (κ1) is 19.7. The molecule has 2 bridgehead atoms. The van der Waals surface area contributed by atoms with E-state index in [1.165, 1.54) is 17.8 Å². The maximum Gasteiger partial charge on any atom is 0.255 e. The SMILES string of the molecule is Cc1nc(CN2C[C@@H]3C[C@H](C2)c2ccc(CN(C)Cc4ccoc4)c(=O)n2C3)cs1. The third-order valence-electron chi connectivity index (χ3n) is 6.28. The number of aromatic nitrogens is 2. The molecule has 5 heterocycles. The fourth-order valence-corrected chi connectivity index (χ4v) is 5.69. The highest BCUT2D eigenvalue weighted by Gasteiger charge is 2.35. The van der Waals surface area contributed by atoms with E-state index in [-0.39, 0.29) is 5.56 Å². The van der Waals surface area contributed by atoms with E-state index in [0.29, 0.717) is 18.4 Å². The van der Waals surface area contributed by atoms with Gasteiger partial charge in [-0.1, -0.05) is 6.07 Å². The molecule has 1 fully saturated rings. The Hall–Kier alpha value is -2.22. The maximum absolute atomic E-state index is 13.3. The van der Waals surface area contributed by atoms with Crippen molar-refractivity contribution in [3.63, 3.8) is 0 Å². The summed E-state index contributed by atoms with van der Waals surface area (Å²) < 4.78 is 7.21. The number of nitrogens with zero attached hydrogens (tertiary/aromatic N) is 4. The summed E-state index contributed by atoms with van der Waals surface area (Å²) in [6, 6.07) is 6.21. The van der Waals surface area contributed by atoms with Crippen LogP contribution < -0.4 is 5.56 Å². The summed E-state index contributed by atoms with van der Waals surface area (Å²) in [4.78, 5) is 22.6. The van der Waals surface area contributed by atoms with Gasteiger partial charge in [-0.15, -0.1) is 11.3 Å². The Morgan fingerprint density at radius 2 is 2.13 bits per heavy atom. The van der Waals surface area contributed by atoms with Crippen molar-refractivity contribution in [1.82, 2.24) is 19.4 Å². The van der Waals surface area contributed by atoms with Crippen molar-refractivity contribution >= 4 is 11.3 Å². The van der Waals surface area contributed by atoms with Gasteiger partial charge in [-0.05, 0) is 38.4 Å². The zero-order valence-electron chi connectivity index (χ0n) is 17.6. The second-order valence-corrected chi connectivity index (χ2v) is 9.92. The smallest absolute Gasteiger partial charge is 0.255 e. The van der Waals surface area contributed by atoms with E-state index in [1.54, 1.807) is 23.9 Å².